The molecule has 1 heteroatoms. The zero-order valence-corrected chi connectivity index (χ0v) is 5.51. The zero-order valence-electron chi connectivity index (χ0n) is 5.51. The maximum atomic E-state index is 3.78. The molecule has 1 aromatic carbocycles. The lowest BCUT2D eigenvalue weighted by molar-refractivity contribution is 1.000. The highest BCUT2D eigenvalue weighted by Gasteiger charge is 1.84. The maximum absolute atomic E-state index is 3.78. The lowest BCUT2D eigenvalue weighted by Crippen LogP contribution is -1.79. The first-order valence-corrected chi connectivity index (χ1v) is 3.26. The van der Waals surface area contributed by atoms with E-state index in [0.29, 0.717) is 0 Å². The lowest BCUT2D eigenvalue weighted by atomic mass is 10.1. The SMILES string of the molecule is [CH2]CCc1ccccc1.[MgH2]. The lowest BCUT2D eigenvalue weighted by Gasteiger charge is -1.93. The molecule has 10 heavy (non-hydrogen) atoms. The first-order chi connectivity index (χ1) is 4.43. The Kier molecular flexibility index (Phi) is 5.74. The van der Waals surface area contributed by atoms with Crippen LogP contribution in [0.1, 0.15) is 12.0 Å². The van der Waals surface area contributed by atoms with Crippen molar-refractivity contribution in [2.75, 3.05) is 0 Å². The fourth-order valence-corrected chi connectivity index (χ4v) is 0.849. The average Bonchev–Trinajstić information content (AvgIpc) is 1.91. The van der Waals surface area contributed by atoms with Crippen LogP contribution < -0.4 is 0 Å². The molecule has 1 aromatic rings. The van der Waals surface area contributed by atoms with Gasteiger partial charge in [0.15, 0.2) is 0 Å². The predicted molar refractivity (Wildman–Crippen MR) is 48.7 cm³/mol. The van der Waals surface area contributed by atoms with Crippen LogP contribution in [0.4, 0.5) is 0 Å². The van der Waals surface area contributed by atoms with Gasteiger partial charge in [-0.25, -0.2) is 0 Å². The van der Waals surface area contributed by atoms with Gasteiger partial charge in [0.1, 0.15) is 0 Å². The van der Waals surface area contributed by atoms with Crippen molar-refractivity contribution < 1.29 is 0 Å². The van der Waals surface area contributed by atoms with Crippen molar-refractivity contribution >= 4 is 23.1 Å². The van der Waals surface area contributed by atoms with Crippen molar-refractivity contribution in [3.8, 4) is 0 Å². The number of benzene rings is 1. The molecule has 0 saturated heterocycles. The summed E-state index contributed by atoms with van der Waals surface area (Å²) in [5.41, 5.74) is 1.38. The van der Waals surface area contributed by atoms with Gasteiger partial charge in [-0.05, 0) is 18.4 Å². The summed E-state index contributed by atoms with van der Waals surface area (Å²) in [6, 6.07) is 10.4. The molecule has 0 heterocycles. The van der Waals surface area contributed by atoms with Crippen LogP contribution in [0.25, 0.3) is 0 Å². The molecule has 0 aliphatic heterocycles. The average molecular weight is 146 g/mol. The van der Waals surface area contributed by atoms with Gasteiger partial charge in [0.25, 0.3) is 0 Å². The summed E-state index contributed by atoms with van der Waals surface area (Å²) >= 11 is 0. The first-order valence-electron chi connectivity index (χ1n) is 3.26. The van der Waals surface area contributed by atoms with E-state index in [2.05, 4.69) is 31.2 Å². The minimum Gasteiger partial charge on any atom is -0.0622 e. The zero-order chi connectivity index (χ0) is 6.53. The molecule has 0 N–H and O–H groups in total. The van der Waals surface area contributed by atoms with Crippen molar-refractivity contribution in [3.05, 3.63) is 42.8 Å². The highest BCUT2D eigenvalue weighted by Crippen LogP contribution is 2.00. The van der Waals surface area contributed by atoms with Crippen LogP contribution in [0.3, 0.4) is 0 Å². The van der Waals surface area contributed by atoms with E-state index in [0.717, 1.165) is 12.8 Å². The summed E-state index contributed by atoms with van der Waals surface area (Å²) in [7, 11) is 0. The second-order valence-electron chi connectivity index (χ2n) is 2.09. The van der Waals surface area contributed by atoms with E-state index in [1.54, 1.807) is 0 Å². The third kappa shape index (κ3) is 3.23. The molecular formula is C9H13Mg. The minimum absolute atomic E-state index is 0. The van der Waals surface area contributed by atoms with Gasteiger partial charge in [0, 0.05) is 0 Å². The monoisotopic (exact) mass is 145 g/mol. The Labute approximate surface area is 78.8 Å². The molecule has 0 saturated carbocycles. The molecule has 1 radical (unpaired) electrons. The molecule has 1 rings (SSSR count). The predicted octanol–water partition coefficient (Wildman–Crippen LogP) is 1.54. The Morgan fingerprint density at radius 3 is 2.20 bits per heavy atom. The van der Waals surface area contributed by atoms with E-state index in [4.69, 9.17) is 0 Å². The van der Waals surface area contributed by atoms with E-state index in [1.165, 1.54) is 5.56 Å². The fraction of sp³-hybridized carbons (Fsp3) is 0.222. The fourth-order valence-electron chi connectivity index (χ4n) is 0.849. The summed E-state index contributed by atoms with van der Waals surface area (Å²) < 4.78 is 0. The summed E-state index contributed by atoms with van der Waals surface area (Å²) in [4.78, 5) is 0. The van der Waals surface area contributed by atoms with Gasteiger partial charge in [-0.1, -0.05) is 37.3 Å². The van der Waals surface area contributed by atoms with Crippen LogP contribution in [-0.4, -0.2) is 23.1 Å². The van der Waals surface area contributed by atoms with E-state index in [9.17, 15) is 0 Å². The molecule has 0 aliphatic rings. The molecule has 0 fully saturated rings. The summed E-state index contributed by atoms with van der Waals surface area (Å²) in [5.74, 6) is 0. The summed E-state index contributed by atoms with van der Waals surface area (Å²) in [6.07, 6.45) is 2.09. The molecular weight excluding hydrogens is 132 g/mol. The third-order valence-electron chi connectivity index (χ3n) is 1.31. The normalized spacial score (nSPS) is 8.50. The number of hydrogen-bond donors (Lipinski definition) is 0. The third-order valence-corrected chi connectivity index (χ3v) is 1.31. The number of rotatable bonds is 2. The highest BCUT2D eigenvalue weighted by atomic mass is 24.3. The van der Waals surface area contributed by atoms with Gasteiger partial charge >= 0.3 is 23.1 Å². The van der Waals surface area contributed by atoms with E-state index >= 15 is 0 Å². The van der Waals surface area contributed by atoms with Gasteiger partial charge in [-0.15, -0.1) is 0 Å². The van der Waals surface area contributed by atoms with Crippen molar-refractivity contribution in [3.63, 3.8) is 0 Å². The van der Waals surface area contributed by atoms with Gasteiger partial charge in [-0.3, -0.25) is 0 Å². The smallest absolute Gasteiger partial charge is 0.0622 e. The standard InChI is InChI=1S/C9H11.Mg.2H/c1-2-6-9-7-4-3-5-8-9;;;/h3-5,7-8H,1-2,6H2;;;. The number of aryl methyl sites for hydroxylation is 1. The van der Waals surface area contributed by atoms with E-state index < -0.39 is 0 Å². The largest absolute Gasteiger partial charge is 0.316 e. The molecule has 0 atom stereocenters. The topological polar surface area (TPSA) is 0 Å². The Morgan fingerprint density at radius 1 is 1.10 bits per heavy atom. The van der Waals surface area contributed by atoms with Crippen LogP contribution in [0, 0.1) is 6.92 Å². The van der Waals surface area contributed by atoms with Crippen LogP contribution in [0.15, 0.2) is 30.3 Å². The Balaban J connectivity index is 0.000000810. The van der Waals surface area contributed by atoms with Gasteiger partial charge in [0.2, 0.25) is 0 Å². The van der Waals surface area contributed by atoms with Crippen molar-refractivity contribution in [2.24, 2.45) is 0 Å². The maximum Gasteiger partial charge on any atom is 0.316 e. The molecule has 0 nitrogen and oxygen atoms in total. The van der Waals surface area contributed by atoms with Crippen molar-refractivity contribution in [2.45, 2.75) is 12.8 Å². The molecule has 51 valence electrons. The second kappa shape index (κ2) is 5.75. The molecule has 0 spiro atoms. The number of hydrogen-bond acceptors (Lipinski definition) is 0. The van der Waals surface area contributed by atoms with Crippen LogP contribution in [-0.2, 0) is 6.42 Å². The van der Waals surface area contributed by atoms with E-state index in [-0.39, 0.29) is 23.1 Å². The van der Waals surface area contributed by atoms with Gasteiger partial charge in [-0.2, -0.15) is 0 Å². The Bertz CT molecular complexity index is 158. The molecule has 0 aromatic heterocycles. The molecule has 0 unspecified atom stereocenters. The van der Waals surface area contributed by atoms with Crippen LogP contribution in [0.2, 0.25) is 0 Å². The van der Waals surface area contributed by atoms with Gasteiger partial charge < -0.3 is 0 Å². The Morgan fingerprint density at radius 2 is 1.70 bits per heavy atom. The second-order valence-corrected chi connectivity index (χ2v) is 2.09. The summed E-state index contributed by atoms with van der Waals surface area (Å²) in [6.45, 7) is 3.78. The minimum atomic E-state index is 0. The van der Waals surface area contributed by atoms with E-state index in [1.807, 2.05) is 6.07 Å². The Hall–Kier alpha value is -0.0138. The van der Waals surface area contributed by atoms with Gasteiger partial charge in [0.05, 0.1) is 0 Å². The van der Waals surface area contributed by atoms with Crippen LogP contribution >= 0.6 is 0 Å². The summed E-state index contributed by atoms with van der Waals surface area (Å²) in [5, 5.41) is 0. The molecule has 0 bridgehead atoms. The highest BCUT2D eigenvalue weighted by molar-refractivity contribution is 5.75. The van der Waals surface area contributed by atoms with Crippen molar-refractivity contribution in [1.82, 2.24) is 0 Å². The first kappa shape index (κ1) is 9.99. The molecule has 0 aliphatic carbocycles. The molecule has 0 amide bonds. The van der Waals surface area contributed by atoms with Crippen LogP contribution in [0.5, 0.6) is 0 Å². The quantitative estimate of drug-likeness (QED) is 0.554. The van der Waals surface area contributed by atoms with Crippen molar-refractivity contribution in [1.29, 1.82) is 0 Å².